The van der Waals surface area contributed by atoms with Gasteiger partial charge in [-0.3, -0.25) is 4.79 Å². The quantitative estimate of drug-likeness (QED) is 0.598. The van der Waals surface area contributed by atoms with Gasteiger partial charge in [0.25, 0.3) is 0 Å². The van der Waals surface area contributed by atoms with Crippen LogP contribution < -0.4 is 10.6 Å². The monoisotopic (exact) mass is 324 g/mol. The van der Waals surface area contributed by atoms with Gasteiger partial charge in [0.2, 0.25) is 5.91 Å². The second kappa shape index (κ2) is 9.35. The number of nitrogens with one attached hydrogen (secondary N) is 2. The van der Waals surface area contributed by atoms with Crippen LogP contribution in [0.1, 0.15) is 27.2 Å². The van der Waals surface area contributed by atoms with E-state index in [4.69, 9.17) is 4.74 Å². The molecule has 6 heteroatoms. The number of carbonyl (C=O) groups is 2. The van der Waals surface area contributed by atoms with E-state index < -0.39 is 11.7 Å². The van der Waals surface area contributed by atoms with Crippen LogP contribution in [-0.2, 0) is 9.53 Å². The number of ether oxygens (including phenoxy) is 1. The Hall–Kier alpha value is -1.69. The Morgan fingerprint density at radius 2 is 1.73 bits per heavy atom. The molecule has 0 radical (unpaired) electrons. The second-order valence-corrected chi connectivity index (χ2v) is 6.78. The van der Waals surface area contributed by atoms with Crippen LogP contribution in [0.15, 0.2) is 35.2 Å². The van der Waals surface area contributed by atoms with Crippen molar-refractivity contribution in [2.24, 2.45) is 0 Å². The van der Waals surface area contributed by atoms with Crippen molar-refractivity contribution in [1.82, 2.24) is 10.6 Å². The fourth-order valence-corrected chi connectivity index (χ4v) is 2.29. The molecule has 22 heavy (non-hydrogen) atoms. The number of alkyl carbamates (subject to hydrolysis) is 1. The normalized spacial score (nSPS) is 10.9. The molecule has 0 atom stereocenters. The lowest BCUT2D eigenvalue weighted by molar-refractivity contribution is -0.118. The van der Waals surface area contributed by atoms with E-state index in [0.717, 1.165) is 4.90 Å². The number of rotatable bonds is 7. The zero-order chi connectivity index (χ0) is 16.4. The Bertz CT molecular complexity index is 472. The van der Waals surface area contributed by atoms with Crippen LogP contribution in [0.2, 0.25) is 0 Å². The van der Waals surface area contributed by atoms with Gasteiger partial charge in [0, 0.05) is 18.0 Å². The SMILES string of the molecule is CC(C)(C)OC(=O)NCCCNC(=O)CSc1ccccc1. The number of amides is 2. The molecule has 5 nitrogen and oxygen atoms in total. The van der Waals surface area contributed by atoms with E-state index in [1.54, 1.807) is 0 Å². The van der Waals surface area contributed by atoms with E-state index in [1.807, 2.05) is 51.1 Å². The van der Waals surface area contributed by atoms with E-state index in [9.17, 15) is 9.59 Å². The Morgan fingerprint density at radius 3 is 2.36 bits per heavy atom. The highest BCUT2D eigenvalue weighted by atomic mass is 32.2. The lowest BCUT2D eigenvalue weighted by atomic mass is 10.2. The Morgan fingerprint density at radius 1 is 1.09 bits per heavy atom. The van der Waals surface area contributed by atoms with E-state index in [2.05, 4.69) is 10.6 Å². The van der Waals surface area contributed by atoms with E-state index in [1.165, 1.54) is 11.8 Å². The summed E-state index contributed by atoms with van der Waals surface area (Å²) in [7, 11) is 0. The smallest absolute Gasteiger partial charge is 0.407 e. The standard InChI is InChI=1S/C16H24N2O3S/c1-16(2,3)21-15(20)18-11-7-10-17-14(19)12-22-13-8-5-4-6-9-13/h4-6,8-9H,7,10-12H2,1-3H3,(H,17,19)(H,18,20). The molecule has 0 aliphatic rings. The van der Waals surface area contributed by atoms with Crippen LogP contribution in [0.5, 0.6) is 0 Å². The molecular formula is C16H24N2O3S. The Balaban J connectivity index is 2.04. The molecular weight excluding hydrogens is 300 g/mol. The van der Waals surface area contributed by atoms with E-state index in [0.29, 0.717) is 25.3 Å². The van der Waals surface area contributed by atoms with Crippen LogP contribution in [0.25, 0.3) is 0 Å². The maximum atomic E-state index is 11.7. The molecule has 0 unspecified atom stereocenters. The van der Waals surface area contributed by atoms with Gasteiger partial charge in [-0.05, 0) is 39.3 Å². The number of hydrogen-bond donors (Lipinski definition) is 2. The minimum absolute atomic E-state index is 0.00822. The van der Waals surface area contributed by atoms with Gasteiger partial charge >= 0.3 is 6.09 Å². The van der Waals surface area contributed by atoms with Crippen molar-refractivity contribution in [1.29, 1.82) is 0 Å². The molecule has 2 amide bonds. The molecule has 1 rings (SSSR count). The first-order valence-electron chi connectivity index (χ1n) is 7.28. The molecule has 0 aliphatic heterocycles. The molecule has 1 aromatic carbocycles. The summed E-state index contributed by atoms with van der Waals surface area (Å²) < 4.78 is 5.11. The van der Waals surface area contributed by atoms with E-state index in [-0.39, 0.29) is 5.91 Å². The first kappa shape index (κ1) is 18.4. The van der Waals surface area contributed by atoms with Gasteiger partial charge in [0.1, 0.15) is 5.60 Å². The molecule has 0 saturated heterocycles. The fourth-order valence-electron chi connectivity index (χ4n) is 1.54. The highest BCUT2D eigenvalue weighted by Gasteiger charge is 2.15. The van der Waals surface area contributed by atoms with Gasteiger partial charge in [-0.25, -0.2) is 4.79 Å². The molecule has 2 N–H and O–H groups in total. The minimum atomic E-state index is -0.493. The fraction of sp³-hybridized carbons (Fsp3) is 0.500. The summed E-state index contributed by atoms with van der Waals surface area (Å²) in [5, 5.41) is 5.48. The number of thioether (sulfide) groups is 1. The van der Waals surface area contributed by atoms with Gasteiger partial charge < -0.3 is 15.4 Å². The average Bonchev–Trinajstić information content (AvgIpc) is 2.44. The second-order valence-electron chi connectivity index (χ2n) is 5.73. The number of hydrogen-bond acceptors (Lipinski definition) is 4. The predicted molar refractivity (Wildman–Crippen MR) is 89.0 cm³/mol. The molecule has 0 aromatic heterocycles. The van der Waals surface area contributed by atoms with Crippen molar-refractivity contribution >= 4 is 23.8 Å². The first-order chi connectivity index (χ1) is 10.4. The van der Waals surface area contributed by atoms with Crippen molar-refractivity contribution < 1.29 is 14.3 Å². The van der Waals surface area contributed by atoms with Crippen LogP contribution in [-0.4, -0.2) is 36.4 Å². The summed E-state index contributed by atoms with van der Waals surface area (Å²) in [5.74, 6) is 0.384. The maximum absolute atomic E-state index is 11.7. The lowest BCUT2D eigenvalue weighted by Crippen LogP contribution is -2.34. The first-order valence-corrected chi connectivity index (χ1v) is 8.27. The third-order valence-electron chi connectivity index (χ3n) is 2.46. The predicted octanol–water partition coefficient (Wildman–Crippen LogP) is 2.81. The van der Waals surface area contributed by atoms with Gasteiger partial charge in [0.05, 0.1) is 5.75 Å². The zero-order valence-electron chi connectivity index (χ0n) is 13.3. The molecule has 0 aliphatic carbocycles. The minimum Gasteiger partial charge on any atom is -0.444 e. The van der Waals surface area contributed by atoms with Crippen molar-refractivity contribution in [3.8, 4) is 0 Å². The topological polar surface area (TPSA) is 67.4 Å². The highest BCUT2D eigenvalue weighted by Crippen LogP contribution is 2.16. The molecule has 0 bridgehead atoms. The lowest BCUT2D eigenvalue weighted by Gasteiger charge is -2.19. The van der Waals surface area contributed by atoms with Crippen molar-refractivity contribution in [2.75, 3.05) is 18.8 Å². The maximum Gasteiger partial charge on any atom is 0.407 e. The third-order valence-corrected chi connectivity index (χ3v) is 3.47. The van der Waals surface area contributed by atoms with Crippen LogP contribution in [0, 0.1) is 0 Å². The summed E-state index contributed by atoms with van der Waals surface area (Å²) in [6.07, 6.45) is 0.236. The summed E-state index contributed by atoms with van der Waals surface area (Å²) in [5.41, 5.74) is -0.493. The molecule has 122 valence electrons. The molecule has 0 spiro atoms. The third kappa shape index (κ3) is 9.28. The summed E-state index contributed by atoms with van der Waals surface area (Å²) >= 11 is 1.50. The van der Waals surface area contributed by atoms with Crippen molar-refractivity contribution in [3.05, 3.63) is 30.3 Å². The molecule has 0 heterocycles. The number of benzene rings is 1. The van der Waals surface area contributed by atoms with Gasteiger partial charge in [-0.15, -0.1) is 11.8 Å². The van der Waals surface area contributed by atoms with Gasteiger partial charge in [-0.1, -0.05) is 18.2 Å². The number of carbonyl (C=O) groups excluding carboxylic acids is 2. The summed E-state index contributed by atoms with van der Waals surface area (Å²) in [4.78, 5) is 24.1. The Labute approximate surface area is 136 Å². The zero-order valence-corrected chi connectivity index (χ0v) is 14.2. The summed E-state index contributed by atoms with van der Waals surface area (Å²) in [6, 6.07) is 9.79. The molecule has 1 aromatic rings. The molecule has 0 saturated carbocycles. The largest absolute Gasteiger partial charge is 0.444 e. The highest BCUT2D eigenvalue weighted by molar-refractivity contribution is 8.00. The van der Waals surface area contributed by atoms with Gasteiger partial charge in [-0.2, -0.15) is 0 Å². The Kier molecular flexibility index (Phi) is 7.80. The molecule has 0 fully saturated rings. The van der Waals surface area contributed by atoms with E-state index >= 15 is 0 Å². The van der Waals surface area contributed by atoms with Gasteiger partial charge in [0.15, 0.2) is 0 Å². The van der Waals surface area contributed by atoms with Crippen LogP contribution in [0.4, 0.5) is 4.79 Å². The van der Waals surface area contributed by atoms with Crippen LogP contribution >= 0.6 is 11.8 Å². The average molecular weight is 324 g/mol. The van der Waals surface area contributed by atoms with Crippen LogP contribution in [0.3, 0.4) is 0 Å². The summed E-state index contributed by atoms with van der Waals surface area (Å²) in [6.45, 7) is 6.45. The van der Waals surface area contributed by atoms with Crippen molar-refractivity contribution in [3.63, 3.8) is 0 Å². The van der Waals surface area contributed by atoms with Crippen molar-refractivity contribution in [2.45, 2.75) is 37.7 Å².